The third-order valence-corrected chi connectivity index (χ3v) is 3.21. The van der Waals surface area contributed by atoms with E-state index in [1.807, 2.05) is 24.3 Å². The number of phenolic OH excluding ortho intramolecular Hbond substituents is 1. The Hall–Kier alpha value is -2.14. The first kappa shape index (κ1) is 11.9. The van der Waals surface area contributed by atoms with Crippen molar-refractivity contribution in [3.63, 3.8) is 0 Å². The molecule has 5 heteroatoms. The summed E-state index contributed by atoms with van der Waals surface area (Å²) in [6.45, 7) is 0. The number of fused-ring (bicyclic) bond motifs is 1. The molecular weight excluding hydrogens is 308 g/mol. The van der Waals surface area contributed by atoms with Gasteiger partial charge in [-0.05, 0) is 38.8 Å². The van der Waals surface area contributed by atoms with Crippen LogP contribution in [-0.4, -0.2) is 15.1 Å². The van der Waals surface area contributed by atoms with E-state index in [1.54, 1.807) is 18.3 Å². The van der Waals surface area contributed by atoms with Crippen LogP contribution in [0.5, 0.6) is 17.4 Å². The number of aromatic nitrogens is 2. The lowest BCUT2D eigenvalue weighted by Gasteiger charge is -2.09. The molecule has 0 saturated carbocycles. The van der Waals surface area contributed by atoms with E-state index in [0.29, 0.717) is 16.1 Å². The summed E-state index contributed by atoms with van der Waals surface area (Å²) >= 11 is 3.30. The highest BCUT2D eigenvalue weighted by Gasteiger charge is 2.09. The van der Waals surface area contributed by atoms with E-state index < -0.39 is 0 Å². The van der Waals surface area contributed by atoms with Crippen LogP contribution in [0.2, 0.25) is 0 Å². The Kier molecular flexibility index (Phi) is 3.05. The van der Waals surface area contributed by atoms with E-state index in [0.717, 1.165) is 10.8 Å². The molecule has 0 radical (unpaired) electrons. The van der Waals surface area contributed by atoms with Crippen molar-refractivity contribution < 1.29 is 9.84 Å². The van der Waals surface area contributed by atoms with Gasteiger partial charge in [0, 0.05) is 6.20 Å². The summed E-state index contributed by atoms with van der Waals surface area (Å²) in [5.74, 6) is 0.794. The van der Waals surface area contributed by atoms with Crippen LogP contribution >= 0.6 is 15.9 Å². The van der Waals surface area contributed by atoms with Crippen molar-refractivity contribution in [1.82, 2.24) is 9.97 Å². The van der Waals surface area contributed by atoms with E-state index >= 15 is 0 Å². The molecule has 3 rings (SSSR count). The fourth-order valence-corrected chi connectivity index (χ4v) is 2.07. The maximum Gasteiger partial charge on any atom is 0.236 e. The molecule has 1 aromatic heterocycles. The first-order valence-electron chi connectivity index (χ1n) is 5.59. The van der Waals surface area contributed by atoms with Crippen LogP contribution in [0.1, 0.15) is 0 Å². The summed E-state index contributed by atoms with van der Waals surface area (Å²) in [5.41, 5.74) is 0. The molecule has 0 fully saturated rings. The molecule has 0 aliphatic heterocycles. The zero-order chi connectivity index (χ0) is 13.2. The van der Waals surface area contributed by atoms with E-state index in [9.17, 15) is 5.11 Å². The van der Waals surface area contributed by atoms with E-state index in [4.69, 9.17) is 4.74 Å². The fourth-order valence-electron chi connectivity index (χ4n) is 1.77. The Labute approximate surface area is 117 Å². The van der Waals surface area contributed by atoms with Gasteiger partial charge in [-0.3, -0.25) is 0 Å². The number of halogens is 1. The van der Waals surface area contributed by atoms with E-state index in [2.05, 4.69) is 25.9 Å². The molecule has 3 aromatic rings. The van der Waals surface area contributed by atoms with E-state index in [-0.39, 0.29) is 5.75 Å². The van der Waals surface area contributed by atoms with Crippen molar-refractivity contribution >= 4 is 26.7 Å². The topological polar surface area (TPSA) is 55.2 Å². The van der Waals surface area contributed by atoms with Gasteiger partial charge < -0.3 is 9.84 Å². The summed E-state index contributed by atoms with van der Waals surface area (Å²) in [4.78, 5) is 7.86. The number of hydrogen-bond acceptors (Lipinski definition) is 4. The molecule has 0 spiro atoms. The van der Waals surface area contributed by atoms with Gasteiger partial charge in [-0.1, -0.05) is 24.3 Å². The van der Waals surface area contributed by atoms with Gasteiger partial charge >= 0.3 is 0 Å². The van der Waals surface area contributed by atoms with Gasteiger partial charge in [0.2, 0.25) is 5.88 Å². The Morgan fingerprint density at radius 2 is 1.84 bits per heavy atom. The predicted molar refractivity (Wildman–Crippen MR) is 75.4 cm³/mol. The van der Waals surface area contributed by atoms with E-state index in [1.165, 1.54) is 6.33 Å². The molecule has 0 saturated heterocycles. The molecular formula is C14H9BrN2O2. The molecule has 0 amide bonds. The van der Waals surface area contributed by atoms with Gasteiger partial charge in [-0.25, -0.2) is 9.97 Å². The summed E-state index contributed by atoms with van der Waals surface area (Å²) < 4.78 is 6.23. The zero-order valence-corrected chi connectivity index (χ0v) is 11.3. The minimum absolute atomic E-state index is 0.0733. The summed E-state index contributed by atoms with van der Waals surface area (Å²) in [7, 11) is 0. The van der Waals surface area contributed by atoms with Crippen molar-refractivity contribution in [3.8, 4) is 17.4 Å². The highest BCUT2D eigenvalue weighted by Crippen LogP contribution is 2.35. The minimum atomic E-state index is 0.0733. The van der Waals surface area contributed by atoms with Crippen LogP contribution in [0.25, 0.3) is 10.8 Å². The summed E-state index contributed by atoms with van der Waals surface area (Å²) in [5, 5.41) is 11.9. The van der Waals surface area contributed by atoms with Crippen molar-refractivity contribution in [3.05, 3.63) is 53.4 Å². The van der Waals surface area contributed by atoms with Crippen LogP contribution < -0.4 is 4.74 Å². The molecule has 1 N–H and O–H groups in total. The maximum atomic E-state index is 9.98. The molecule has 19 heavy (non-hydrogen) atoms. The van der Waals surface area contributed by atoms with Gasteiger partial charge in [-0.15, -0.1) is 0 Å². The minimum Gasteiger partial charge on any atom is -0.504 e. The molecule has 0 aliphatic rings. The largest absolute Gasteiger partial charge is 0.504 e. The second kappa shape index (κ2) is 4.85. The highest BCUT2D eigenvalue weighted by atomic mass is 79.9. The standard InChI is InChI=1S/C14H9BrN2O2/c15-11-7-16-8-17-14(11)19-13-6-10-4-2-1-3-9(10)5-12(13)18/h1-8,18H. The normalized spacial score (nSPS) is 10.6. The van der Waals surface area contributed by atoms with Crippen LogP contribution in [0.3, 0.4) is 0 Å². The highest BCUT2D eigenvalue weighted by molar-refractivity contribution is 9.10. The zero-order valence-electron chi connectivity index (χ0n) is 9.75. The lowest BCUT2D eigenvalue weighted by atomic mass is 10.1. The first-order chi connectivity index (χ1) is 9.24. The van der Waals surface area contributed by atoms with Crippen molar-refractivity contribution in [2.24, 2.45) is 0 Å². The smallest absolute Gasteiger partial charge is 0.236 e. The Balaban J connectivity index is 2.06. The number of hydrogen-bond donors (Lipinski definition) is 1. The number of aromatic hydroxyl groups is 1. The molecule has 0 atom stereocenters. The van der Waals surface area contributed by atoms with Gasteiger partial charge in [0.1, 0.15) is 6.33 Å². The third-order valence-electron chi connectivity index (χ3n) is 2.67. The van der Waals surface area contributed by atoms with Crippen molar-refractivity contribution in [2.45, 2.75) is 0 Å². The van der Waals surface area contributed by atoms with Gasteiger partial charge in [-0.2, -0.15) is 0 Å². The molecule has 94 valence electrons. The van der Waals surface area contributed by atoms with Gasteiger partial charge in [0.15, 0.2) is 11.5 Å². The SMILES string of the molecule is Oc1cc2ccccc2cc1Oc1ncncc1Br. The summed E-state index contributed by atoms with van der Waals surface area (Å²) in [6, 6.07) is 11.2. The number of rotatable bonds is 2. The lowest BCUT2D eigenvalue weighted by Crippen LogP contribution is -1.90. The maximum absolute atomic E-state index is 9.98. The summed E-state index contributed by atoms with van der Waals surface area (Å²) in [6.07, 6.45) is 2.97. The molecule has 0 aliphatic carbocycles. The number of benzene rings is 2. The molecule has 4 nitrogen and oxygen atoms in total. The van der Waals surface area contributed by atoms with Crippen molar-refractivity contribution in [2.75, 3.05) is 0 Å². The average Bonchev–Trinajstić information content (AvgIpc) is 2.42. The predicted octanol–water partition coefficient (Wildman–Crippen LogP) is 3.89. The first-order valence-corrected chi connectivity index (χ1v) is 6.38. The van der Waals surface area contributed by atoms with Gasteiger partial charge in [0.05, 0.1) is 4.47 Å². The van der Waals surface area contributed by atoms with Crippen LogP contribution in [-0.2, 0) is 0 Å². The number of nitrogens with zero attached hydrogens (tertiary/aromatic N) is 2. The second-order valence-corrected chi connectivity index (χ2v) is 4.80. The van der Waals surface area contributed by atoms with Crippen molar-refractivity contribution in [1.29, 1.82) is 0 Å². The second-order valence-electron chi connectivity index (χ2n) is 3.94. The van der Waals surface area contributed by atoms with Crippen LogP contribution in [0.15, 0.2) is 53.4 Å². The quantitative estimate of drug-likeness (QED) is 0.779. The number of ether oxygens (including phenoxy) is 1. The lowest BCUT2D eigenvalue weighted by molar-refractivity contribution is 0.401. The molecule has 2 aromatic carbocycles. The number of phenols is 1. The van der Waals surface area contributed by atoms with Gasteiger partial charge in [0.25, 0.3) is 0 Å². The average molecular weight is 317 g/mol. The Bertz CT molecular complexity index is 746. The molecule has 1 heterocycles. The Morgan fingerprint density at radius 1 is 1.11 bits per heavy atom. The van der Waals surface area contributed by atoms with Crippen LogP contribution in [0.4, 0.5) is 0 Å². The Morgan fingerprint density at radius 3 is 2.58 bits per heavy atom. The fraction of sp³-hybridized carbons (Fsp3) is 0. The van der Waals surface area contributed by atoms with Crippen LogP contribution in [0, 0.1) is 0 Å². The monoisotopic (exact) mass is 316 g/mol. The third kappa shape index (κ3) is 2.37. The molecule has 0 unspecified atom stereocenters. The molecule has 0 bridgehead atoms.